The molecule has 0 spiro atoms. The van der Waals surface area contributed by atoms with Gasteiger partial charge in [0.2, 0.25) is 5.91 Å². The Morgan fingerprint density at radius 1 is 1.17 bits per heavy atom. The zero-order valence-corrected chi connectivity index (χ0v) is 17.2. The third kappa shape index (κ3) is 7.18. The van der Waals surface area contributed by atoms with E-state index >= 15 is 0 Å². The molecular weight excluding hydrogens is 384 g/mol. The predicted octanol–water partition coefficient (Wildman–Crippen LogP) is -0.212. The van der Waals surface area contributed by atoms with Crippen molar-refractivity contribution in [3.05, 3.63) is 35.4 Å². The Morgan fingerprint density at radius 2 is 1.69 bits per heavy atom. The maximum atomic E-state index is 13.2. The van der Waals surface area contributed by atoms with Gasteiger partial charge in [0.05, 0.1) is 5.54 Å². The Bertz CT molecular complexity index is 758. The van der Waals surface area contributed by atoms with E-state index in [1.165, 1.54) is 13.0 Å². The summed E-state index contributed by atoms with van der Waals surface area (Å²) in [5.41, 5.74) is 5.09. The molecule has 1 rings (SSSR count). The maximum absolute atomic E-state index is 13.2. The molecule has 1 aromatic rings. The number of hydrogen-bond acceptors (Lipinski definition) is 4. The van der Waals surface area contributed by atoms with Gasteiger partial charge in [-0.25, -0.2) is 4.79 Å². The van der Waals surface area contributed by atoms with E-state index in [-0.39, 0.29) is 37.5 Å². The quantitative estimate of drug-likeness (QED) is 0.606. The smallest absolute Gasteiger partial charge is 1.00 e. The van der Waals surface area contributed by atoms with Crippen LogP contribution in [0.4, 0.5) is 13.2 Å². The van der Waals surface area contributed by atoms with Gasteiger partial charge < -0.3 is 12.3 Å². The topological polar surface area (TPSA) is 101 Å². The van der Waals surface area contributed by atoms with E-state index in [1.807, 2.05) is 0 Å². The number of nitrogens with zero attached hydrogens (tertiary/aromatic N) is 1. The van der Waals surface area contributed by atoms with Gasteiger partial charge in [0, 0.05) is 6.42 Å². The maximum Gasteiger partial charge on any atom is 1.00 e. The predicted molar refractivity (Wildman–Crippen MR) is 97.4 cm³/mol. The number of nitrogens with two attached hydrogens (primary N) is 1. The van der Waals surface area contributed by atoms with Crippen LogP contribution in [-0.4, -0.2) is 45.5 Å². The second-order valence-corrected chi connectivity index (χ2v) is 7.48. The standard InChI is InChI=1S/C19H25F3N2O4.Li.H/c1-11(2)10-18(4,23)16(27)24(17(28)19(20,21)22)14(15(25)26)9-13-8-6-5-7-12(13)3;;/h5-8,11,14H,9-10,23H2,1-4H3,(H,25,26);;/q;+1;-1. The summed E-state index contributed by atoms with van der Waals surface area (Å²) < 4.78 is 39.5. The third-order valence-corrected chi connectivity index (χ3v) is 4.27. The normalized spacial score (nSPS) is 14.5. The van der Waals surface area contributed by atoms with Gasteiger partial charge in [-0.1, -0.05) is 38.1 Å². The number of imide groups is 1. The minimum absolute atomic E-state index is 0. The number of carboxylic acids is 1. The molecule has 0 fully saturated rings. The second kappa shape index (κ2) is 10.3. The van der Waals surface area contributed by atoms with E-state index in [0.29, 0.717) is 11.1 Å². The van der Waals surface area contributed by atoms with Crippen LogP contribution in [0.1, 0.15) is 39.7 Å². The first-order valence-corrected chi connectivity index (χ1v) is 8.69. The van der Waals surface area contributed by atoms with Crippen LogP contribution in [0.15, 0.2) is 24.3 Å². The van der Waals surface area contributed by atoms with Crippen LogP contribution in [-0.2, 0) is 20.8 Å². The van der Waals surface area contributed by atoms with Gasteiger partial charge in [-0.15, -0.1) is 0 Å². The molecule has 3 N–H and O–H groups in total. The number of halogens is 3. The SMILES string of the molecule is Cc1ccccc1CC(C(=O)O)N(C(=O)C(F)(F)F)C(=O)C(C)(N)CC(C)C.[H-].[Li+]. The Labute approximate surface area is 181 Å². The van der Waals surface area contributed by atoms with Crippen LogP contribution in [0.5, 0.6) is 0 Å². The molecule has 2 atom stereocenters. The third-order valence-electron chi connectivity index (χ3n) is 4.27. The largest absolute Gasteiger partial charge is 1.00 e. The Balaban J connectivity index is 0. The van der Waals surface area contributed by atoms with Gasteiger partial charge in [-0.3, -0.25) is 14.5 Å². The molecule has 0 aliphatic heterocycles. The molecule has 0 saturated carbocycles. The van der Waals surface area contributed by atoms with E-state index in [0.717, 1.165) is 0 Å². The van der Waals surface area contributed by atoms with Crippen molar-refractivity contribution in [1.29, 1.82) is 0 Å². The van der Waals surface area contributed by atoms with E-state index in [1.54, 1.807) is 39.0 Å². The van der Waals surface area contributed by atoms with Gasteiger partial charge in [-0.05, 0) is 37.3 Å². The summed E-state index contributed by atoms with van der Waals surface area (Å²) >= 11 is 0. The van der Waals surface area contributed by atoms with Crippen molar-refractivity contribution in [1.82, 2.24) is 4.90 Å². The molecule has 0 radical (unpaired) electrons. The Morgan fingerprint density at radius 3 is 2.10 bits per heavy atom. The Hall–Kier alpha value is -1.82. The fraction of sp³-hybridized carbons (Fsp3) is 0.526. The van der Waals surface area contributed by atoms with Gasteiger partial charge in [0.25, 0.3) is 0 Å². The van der Waals surface area contributed by atoms with E-state index in [9.17, 15) is 32.7 Å². The summed E-state index contributed by atoms with van der Waals surface area (Å²) in [6.45, 7) is 6.25. The van der Waals surface area contributed by atoms with Crippen LogP contribution in [0.25, 0.3) is 0 Å². The molecule has 158 valence electrons. The molecule has 0 heterocycles. The van der Waals surface area contributed by atoms with Crippen molar-refractivity contribution in [3.8, 4) is 0 Å². The van der Waals surface area contributed by atoms with Gasteiger partial charge in [0.1, 0.15) is 6.04 Å². The summed E-state index contributed by atoms with van der Waals surface area (Å²) in [6.07, 6.45) is -5.92. The first-order chi connectivity index (χ1) is 12.7. The van der Waals surface area contributed by atoms with Crippen LogP contribution >= 0.6 is 0 Å². The molecule has 10 heteroatoms. The van der Waals surface area contributed by atoms with E-state index in [4.69, 9.17) is 5.73 Å². The monoisotopic (exact) mass is 410 g/mol. The molecule has 0 aliphatic carbocycles. The van der Waals surface area contributed by atoms with Gasteiger partial charge in [0.15, 0.2) is 0 Å². The number of aryl methyl sites for hydroxylation is 1. The average Bonchev–Trinajstić information content (AvgIpc) is 2.53. The van der Waals surface area contributed by atoms with Crippen molar-refractivity contribution in [2.45, 2.75) is 58.3 Å². The van der Waals surface area contributed by atoms with Gasteiger partial charge in [-0.2, -0.15) is 13.2 Å². The number of aliphatic carboxylic acids is 1. The number of carboxylic acid groups (broad SMARTS) is 1. The minimum atomic E-state index is -5.43. The second-order valence-electron chi connectivity index (χ2n) is 7.48. The van der Waals surface area contributed by atoms with Gasteiger partial charge >= 0.3 is 36.9 Å². The zero-order valence-electron chi connectivity index (χ0n) is 18.2. The number of carbonyl (C=O) groups excluding carboxylic acids is 2. The molecule has 0 bridgehead atoms. The summed E-state index contributed by atoms with van der Waals surface area (Å²) in [5.74, 6) is -5.81. The van der Waals surface area contributed by atoms with Crippen LogP contribution in [0.3, 0.4) is 0 Å². The number of amides is 2. The molecule has 2 unspecified atom stereocenters. The van der Waals surface area contributed by atoms with Crippen LogP contribution in [0, 0.1) is 12.8 Å². The van der Waals surface area contributed by atoms with Crippen molar-refractivity contribution in [2.75, 3.05) is 0 Å². The van der Waals surface area contributed by atoms with Crippen molar-refractivity contribution in [2.24, 2.45) is 11.7 Å². The number of alkyl halides is 3. The fourth-order valence-corrected chi connectivity index (χ4v) is 3.06. The Kier molecular flexibility index (Phi) is 9.63. The van der Waals surface area contributed by atoms with Crippen molar-refractivity contribution >= 4 is 17.8 Å². The molecule has 29 heavy (non-hydrogen) atoms. The van der Waals surface area contributed by atoms with Crippen LogP contribution < -0.4 is 24.6 Å². The van der Waals surface area contributed by atoms with Crippen molar-refractivity contribution in [3.63, 3.8) is 0 Å². The van der Waals surface area contributed by atoms with Crippen molar-refractivity contribution < 1.29 is 52.9 Å². The zero-order chi connectivity index (χ0) is 21.9. The summed E-state index contributed by atoms with van der Waals surface area (Å²) in [5, 5.41) is 9.55. The minimum Gasteiger partial charge on any atom is -1.00 e. The molecule has 0 saturated heterocycles. The summed E-state index contributed by atoms with van der Waals surface area (Å²) in [4.78, 5) is 36.4. The van der Waals surface area contributed by atoms with E-state index < -0.39 is 42.0 Å². The number of benzene rings is 1. The molecule has 6 nitrogen and oxygen atoms in total. The summed E-state index contributed by atoms with van der Waals surface area (Å²) in [6, 6.07) is 4.40. The van der Waals surface area contributed by atoms with E-state index in [2.05, 4.69) is 0 Å². The molecule has 0 aliphatic rings. The number of hydrogen-bond donors (Lipinski definition) is 2. The first-order valence-electron chi connectivity index (χ1n) is 8.69. The fourth-order valence-electron chi connectivity index (χ4n) is 3.06. The number of rotatable bonds is 7. The number of carbonyl (C=O) groups is 3. The van der Waals surface area contributed by atoms with Crippen LogP contribution in [0.2, 0.25) is 0 Å². The first kappa shape index (κ1) is 27.2. The molecule has 0 aromatic heterocycles. The molecule has 2 amide bonds. The molecular formula is C19H26F3LiN2O4. The average molecular weight is 410 g/mol. The summed E-state index contributed by atoms with van der Waals surface area (Å²) in [7, 11) is 0. The molecule has 1 aromatic carbocycles.